The molecule has 2 saturated heterocycles. The Kier molecular flexibility index (Phi) is 10.1. The van der Waals surface area contributed by atoms with E-state index < -0.39 is 23.5 Å². The number of ether oxygens (including phenoxy) is 1. The summed E-state index contributed by atoms with van der Waals surface area (Å²) in [7, 11) is 2.02. The lowest BCUT2D eigenvalue weighted by Gasteiger charge is -2.54. The fourth-order valence-corrected chi connectivity index (χ4v) is 6.17. The average molecular weight is 565 g/mol. The van der Waals surface area contributed by atoms with E-state index in [9.17, 15) is 19.2 Å². The molecule has 2 aliphatic heterocycles. The van der Waals surface area contributed by atoms with Crippen LogP contribution in [0.5, 0.6) is 0 Å². The molecule has 2 fully saturated rings. The Hall–Kier alpha value is -3.30. The number of carbonyl (C=O) groups is 4. The number of likely N-dealkylation sites (tertiary alicyclic amines) is 1. The van der Waals surface area contributed by atoms with Gasteiger partial charge in [-0.1, -0.05) is 68.5 Å². The highest BCUT2D eigenvalue weighted by atomic mass is 16.5. The first-order chi connectivity index (χ1) is 19.8. The summed E-state index contributed by atoms with van der Waals surface area (Å²) >= 11 is 0. The first kappa shape index (κ1) is 30.7. The third kappa shape index (κ3) is 6.31. The van der Waals surface area contributed by atoms with Crippen molar-refractivity contribution in [2.24, 2.45) is 11.3 Å². The number of allylic oxidation sites excluding steroid dienone is 4. The van der Waals surface area contributed by atoms with Crippen molar-refractivity contribution < 1.29 is 23.9 Å². The molecule has 3 atom stereocenters. The van der Waals surface area contributed by atoms with E-state index in [0.717, 1.165) is 30.0 Å². The van der Waals surface area contributed by atoms with Crippen molar-refractivity contribution in [3.8, 4) is 0 Å². The number of imide groups is 1. The molecular weight excluding hydrogens is 520 g/mol. The van der Waals surface area contributed by atoms with Gasteiger partial charge in [-0.2, -0.15) is 0 Å². The molecule has 222 valence electrons. The largest absolute Gasteiger partial charge is 0.347 e. The van der Waals surface area contributed by atoms with E-state index in [2.05, 4.69) is 11.0 Å². The average Bonchev–Trinajstić information content (AvgIpc) is 3.00. The topological polar surface area (TPSA) is 90.5 Å². The van der Waals surface area contributed by atoms with Crippen LogP contribution in [0.15, 0.2) is 54.6 Å². The minimum Gasteiger partial charge on any atom is -0.347 e. The Labute approximate surface area is 243 Å². The van der Waals surface area contributed by atoms with Crippen LogP contribution in [0.4, 0.5) is 0 Å². The van der Waals surface area contributed by atoms with Gasteiger partial charge in [0.15, 0.2) is 6.23 Å². The third-order valence-corrected chi connectivity index (χ3v) is 8.99. The van der Waals surface area contributed by atoms with E-state index in [0.29, 0.717) is 32.5 Å². The molecule has 1 aromatic rings. The number of hydrogen-bond donors (Lipinski definition) is 0. The predicted molar refractivity (Wildman–Crippen MR) is 157 cm³/mol. The molecule has 2 heterocycles. The molecule has 4 amide bonds. The zero-order chi connectivity index (χ0) is 29.6. The zero-order valence-electron chi connectivity index (χ0n) is 24.8. The van der Waals surface area contributed by atoms with Crippen LogP contribution in [0.2, 0.25) is 0 Å². The van der Waals surface area contributed by atoms with Crippen LogP contribution < -0.4 is 0 Å². The fraction of sp³-hybridized carbons (Fsp3) is 0.562. The SMILES string of the molecule is CCN(CC(=O)N1C(=O)C(CC)(CC)C1OCC(=O)N1CCN(C)CC1)C(=O)C(c1ccccc1)C1C=CC=CC1. The first-order valence-electron chi connectivity index (χ1n) is 14.9. The van der Waals surface area contributed by atoms with Gasteiger partial charge in [0.25, 0.3) is 5.91 Å². The van der Waals surface area contributed by atoms with Crippen LogP contribution in [0, 0.1) is 11.3 Å². The Balaban J connectivity index is 1.48. The van der Waals surface area contributed by atoms with Crippen LogP contribution in [-0.4, -0.2) is 102 Å². The van der Waals surface area contributed by atoms with Crippen LogP contribution in [0.1, 0.15) is 51.5 Å². The molecule has 3 unspecified atom stereocenters. The molecule has 41 heavy (non-hydrogen) atoms. The fourth-order valence-electron chi connectivity index (χ4n) is 6.17. The lowest BCUT2D eigenvalue weighted by atomic mass is 9.71. The van der Waals surface area contributed by atoms with Gasteiger partial charge >= 0.3 is 0 Å². The number of rotatable bonds is 11. The summed E-state index contributed by atoms with van der Waals surface area (Å²) in [5.41, 5.74) is 0.0400. The number of piperazine rings is 1. The van der Waals surface area contributed by atoms with Gasteiger partial charge < -0.3 is 19.4 Å². The molecule has 3 aliphatic rings. The van der Waals surface area contributed by atoms with Gasteiger partial charge in [-0.3, -0.25) is 24.1 Å². The van der Waals surface area contributed by atoms with Gasteiger partial charge in [0.2, 0.25) is 17.7 Å². The van der Waals surface area contributed by atoms with Crippen LogP contribution in [0.25, 0.3) is 0 Å². The van der Waals surface area contributed by atoms with E-state index in [1.165, 1.54) is 4.90 Å². The van der Waals surface area contributed by atoms with Crippen molar-refractivity contribution in [1.82, 2.24) is 19.6 Å². The smallest absolute Gasteiger partial charge is 0.250 e. The van der Waals surface area contributed by atoms with Gasteiger partial charge in [0.1, 0.15) is 13.2 Å². The molecule has 0 radical (unpaired) electrons. The van der Waals surface area contributed by atoms with Crippen molar-refractivity contribution in [2.45, 2.75) is 52.2 Å². The highest BCUT2D eigenvalue weighted by molar-refractivity contribution is 6.05. The van der Waals surface area contributed by atoms with E-state index in [-0.39, 0.29) is 36.8 Å². The lowest BCUT2D eigenvalue weighted by Crippen LogP contribution is -2.72. The second kappa shape index (κ2) is 13.6. The number of nitrogens with zero attached hydrogens (tertiary/aromatic N) is 4. The van der Waals surface area contributed by atoms with E-state index in [4.69, 9.17) is 4.74 Å². The van der Waals surface area contributed by atoms with Gasteiger partial charge in [-0.25, -0.2) is 0 Å². The van der Waals surface area contributed by atoms with Crippen molar-refractivity contribution in [1.29, 1.82) is 0 Å². The Morgan fingerprint density at radius 2 is 1.68 bits per heavy atom. The van der Waals surface area contributed by atoms with Gasteiger partial charge in [-0.15, -0.1) is 0 Å². The number of amides is 4. The molecule has 1 aromatic carbocycles. The van der Waals surface area contributed by atoms with Crippen LogP contribution >= 0.6 is 0 Å². The third-order valence-electron chi connectivity index (χ3n) is 8.99. The Morgan fingerprint density at radius 3 is 2.27 bits per heavy atom. The van der Waals surface area contributed by atoms with Crippen molar-refractivity contribution in [3.63, 3.8) is 0 Å². The van der Waals surface area contributed by atoms with E-state index in [1.54, 1.807) is 4.90 Å². The number of β-lactam (4-membered cyclic amide) rings is 1. The molecule has 9 heteroatoms. The standard InChI is InChI=1S/C32H44N4O5/c1-5-32(6-2)30(40)36(31(32)41-23-27(38)35-20-18-33(4)19-21-35)26(37)22-34(7-3)29(39)28(24-14-10-8-11-15-24)25-16-12-9-13-17-25/h8-16,25,28,31H,5-7,17-23H2,1-4H3. The first-order valence-corrected chi connectivity index (χ1v) is 14.9. The molecule has 4 rings (SSSR count). The maximum absolute atomic E-state index is 14.0. The predicted octanol–water partition coefficient (Wildman–Crippen LogP) is 3.04. The number of carbonyl (C=O) groups excluding carboxylic acids is 4. The van der Waals surface area contributed by atoms with Gasteiger partial charge in [0.05, 0.1) is 11.3 Å². The Bertz CT molecular complexity index is 1150. The van der Waals surface area contributed by atoms with Crippen molar-refractivity contribution in [2.75, 3.05) is 52.9 Å². The summed E-state index contributed by atoms with van der Waals surface area (Å²) in [5.74, 6) is -1.55. The minimum atomic E-state index is -0.856. The number of benzene rings is 1. The summed E-state index contributed by atoms with van der Waals surface area (Å²) in [5, 5.41) is 0. The summed E-state index contributed by atoms with van der Waals surface area (Å²) in [6, 6.07) is 9.64. The Morgan fingerprint density at radius 1 is 1.00 bits per heavy atom. The maximum atomic E-state index is 14.0. The minimum absolute atomic E-state index is 0.0332. The monoisotopic (exact) mass is 564 g/mol. The molecule has 0 aromatic heterocycles. The summed E-state index contributed by atoms with van der Waals surface area (Å²) in [6.45, 7) is 8.39. The quantitative estimate of drug-likeness (QED) is 0.384. The summed E-state index contributed by atoms with van der Waals surface area (Å²) in [6.07, 6.45) is 8.90. The maximum Gasteiger partial charge on any atom is 0.250 e. The lowest BCUT2D eigenvalue weighted by molar-refractivity contribution is -0.224. The molecule has 0 N–H and O–H groups in total. The molecule has 0 saturated carbocycles. The zero-order valence-corrected chi connectivity index (χ0v) is 24.8. The van der Waals surface area contributed by atoms with E-state index in [1.807, 2.05) is 76.4 Å². The highest BCUT2D eigenvalue weighted by Gasteiger charge is 2.62. The molecule has 0 bridgehead atoms. The second-order valence-corrected chi connectivity index (χ2v) is 11.2. The van der Waals surface area contributed by atoms with Crippen molar-refractivity contribution in [3.05, 3.63) is 60.2 Å². The van der Waals surface area contributed by atoms with Gasteiger partial charge in [0, 0.05) is 32.7 Å². The normalized spacial score (nSPS) is 22.8. The van der Waals surface area contributed by atoms with E-state index >= 15 is 0 Å². The molecule has 1 aliphatic carbocycles. The number of likely N-dealkylation sites (N-methyl/N-ethyl adjacent to an activating group) is 2. The summed E-state index contributed by atoms with van der Waals surface area (Å²) in [4.78, 5) is 60.6. The molecule has 9 nitrogen and oxygen atoms in total. The van der Waals surface area contributed by atoms with Crippen LogP contribution in [-0.2, 0) is 23.9 Å². The second-order valence-electron chi connectivity index (χ2n) is 11.2. The molecular formula is C32H44N4O5. The summed E-state index contributed by atoms with van der Waals surface area (Å²) < 4.78 is 6.07. The van der Waals surface area contributed by atoms with Crippen molar-refractivity contribution >= 4 is 23.6 Å². The highest BCUT2D eigenvalue weighted by Crippen LogP contribution is 2.46. The number of hydrogen-bond acceptors (Lipinski definition) is 6. The van der Waals surface area contributed by atoms with Gasteiger partial charge in [-0.05, 0) is 44.7 Å². The van der Waals surface area contributed by atoms with Crippen LogP contribution in [0.3, 0.4) is 0 Å². The molecule has 0 spiro atoms.